The lowest BCUT2D eigenvalue weighted by atomic mass is 10.1. The second-order valence-corrected chi connectivity index (χ2v) is 7.54. The molecule has 144 valence electrons. The molecule has 0 aromatic heterocycles. The molecule has 2 aromatic carbocycles. The molecule has 0 atom stereocenters. The molecule has 0 bridgehead atoms. The molecule has 1 aliphatic rings. The van der Waals surface area contributed by atoms with Gasteiger partial charge in [-0.05, 0) is 36.8 Å². The van der Waals surface area contributed by atoms with Gasteiger partial charge >= 0.3 is 6.18 Å². The summed E-state index contributed by atoms with van der Waals surface area (Å²) >= 11 is 6.08. The Balaban J connectivity index is 1.96. The van der Waals surface area contributed by atoms with Crippen LogP contribution >= 0.6 is 24.0 Å². The summed E-state index contributed by atoms with van der Waals surface area (Å²) in [4.78, 5) is 24.4. The van der Waals surface area contributed by atoms with Crippen LogP contribution in [0.15, 0.2) is 47.4 Å². The molecule has 5 nitrogen and oxygen atoms in total. The number of amides is 1. The van der Waals surface area contributed by atoms with Crippen molar-refractivity contribution in [3.05, 3.63) is 74.2 Å². The molecule has 0 spiro atoms. The van der Waals surface area contributed by atoms with Crippen molar-refractivity contribution in [2.45, 2.75) is 13.1 Å². The topological polar surface area (TPSA) is 63.5 Å². The first-order valence-electron chi connectivity index (χ1n) is 7.78. The smallest absolute Gasteiger partial charge is 0.268 e. The van der Waals surface area contributed by atoms with E-state index in [1.807, 2.05) is 0 Å². The van der Waals surface area contributed by atoms with Crippen molar-refractivity contribution in [1.82, 2.24) is 0 Å². The fourth-order valence-electron chi connectivity index (χ4n) is 2.58. The van der Waals surface area contributed by atoms with Crippen LogP contribution in [0.1, 0.15) is 16.7 Å². The molecule has 2 aromatic rings. The lowest BCUT2D eigenvalue weighted by molar-refractivity contribution is -0.385. The summed E-state index contributed by atoms with van der Waals surface area (Å²) in [6.07, 6.45) is -3.12. The Morgan fingerprint density at radius 1 is 1.21 bits per heavy atom. The van der Waals surface area contributed by atoms with Gasteiger partial charge in [0.15, 0.2) is 4.32 Å². The lowest BCUT2D eigenvalue weighted by Crippen LogP contribution is -2.27. The van der Waals surface area contributed by atoms with Gasteiger partial charge in [-0.2, -0.15) is 13.2 Å². The molecule has 1 saturated heterocycles. The van der Waals surface area contributed by atoms with Crippen molar-refractivity contribution < 1.29 is 22.9 Å². The van der Waals surface area contributed by atoms with E-state index >= 15 is 0 Å². The van der Waals surface area contributed by atoms with Crippen LogP contribution in [0.25, 0.3) is 6.08 Å². The zero-order valence-electron chi connectivity index (χ0n) is 14.2. The minimum absolute atomic E-state index is 0.00983. The van der Waals surface area contributed by atoms with Crippen LogP contribution in [-0.2, 0) is 11.0 Å². The molecule has 1 heterocycles. The van der Waals surface area contributed by atoms with Crippen molar-refractivity contribution in [3.63, 3.8) is 0 Å². The molecule has 10 heteroatoms. The van der Waals surface area contributed by atoms with Crippen molar-refractivity contribution >= 4 is 51.7 Å². The SMILES string of the molecule is Cc1ccc(/C=C2/SC(=S)N(c3cccc(C(F)(F)F)c3)C2=O)cc1[N+](=O)[O-]. The molecule has 0 radical (unpaired) electrons. The maximum Gasteiger partial charge on any atom is 0.416 e. The monoisotopic (exact) mass is 424 g/mol. The van der Waals surface area contributed by atoms with E-state index in [0.29, 0.717) is 11.1 Å². The van der Waals surface area contributed by atoms with Gasteiger partial charge in [-0.25, -0.2) is 0 Å². The summed E-state index contributed by atoms with van der Waals surface area (Å²) in [7, 11) is 0. The van der Waals surface area contributed by atoms with E-state index in [1.54, 1.807) is 19.1 Å². The first-order chi connectivity index (χ1) is 13.1. The molecule has 0 unspecified atom stereocenters. The molecular formula is C18H11F3N2O3S2. The Bertz CT molecular complexity index is 1030. The van der Waals surface area contributed by atoms with E-state index in [0.717, 1.165) is 28.8 Å². The first kappa shape index (κ1) is 20.0. The number of nitro groups is 1. The highest BCUT2D eigenvalue weighted by atomic mass is 32.2. The van der Waals surface area contributed by atoms with E-state index < -0.39 is 22.6 Å². The minimum atomic E-state index is -4.55. The first-order valence-corrected chi connectivity index (χ1v) is 9.00. The number of alkyl halides is 3. The number of nitrogens with zero attached hydrogens (tertiary/aromatic N) is 2. The Hall–Kier alpha value is -2.72. The third-order valence-electron chi connectivity index (χ3n) is 3.95. The van der Waals surface area contributed by atoms with Gasteiger partial charge in [0, 0.05) is 11.6 Å². The zero-order valence-corrected chi connectivity index (χ0v) is 15.8. The van der Waals surface area contributed by atoms with Crippen molar-refractivity contribution in [3.8, 4) is 0 Å². The highest BCUT2D eigenvalue weighted by Crippen LogP contribution is 2.38. The second-order valence-electron chi connectivity index (χ2n) is 5.87. The highest BCUT2D eigenvalue weighted by molar-refractivity contribution is 8.27. The van der Waals surface area contributed by atoms with Crippen LogP contribution in [0.5, 0.6) is 0 Å². The Kier molecular flexibility index (Phi) is 5.26. The molecular weight excluding hydrogens is 413 g/mol. The number of thiocarbonyl (C=S) groups is 1. The highest BCUT2D eigenvalue weighted by Gasteiger charge is 2.36. The summed E-state index contributed by atoms with van der Waals surface area (Å²) < 4.78 is 38.9. The number of carbonyl (C=O) groups is 1. The average Bonchev–Trinajstić information content (AvgIpc) is 2.89. The second kappa shape index (κ2) is 7.36. The van der Waals surface area contributed by atoms with Crippen LogP contribution in [-0.4, -0.2) is 15.2 Å². The molecule has 1 fully saturated rings. The van der Waals surface area contributed by atoms with Crippen LogP contribution in [0.2, 0.25) is 0 Å². The number of hydrogen-bond donors (Lipinski definition) is 0. The number of halogens is 3. The predicted octanol–water partition coefficient (Wildman–Crippen LogP) is 5.33. The predicted molar refractivity (Wildman–Crippen MR) is 105 cm³/mol. The van der Waals surface area contributed by atoms with Gasteiger partial charge in [0.1, 0.15) is 0 Å². The van der Waals surface area contributed by atoms with Crippen LogP contribution in [0, 0.1) is 17.0 Å². The van der Waals surface area contributed by atoms with E-state index in [2.05, 4.69) is 0 Å². The molecule has 0 saturated carbocycles. The number of carbonyl (C=O) groups excluding carboxylic acids is 1. The molecule has 28 heavy (non-hydrogen) atoms. The minimum Gasteiger partial charge on any atom is -0.268 e. The molecule has 0 aliphatic carbocycles. The van der Waals surface area contributed by atoms with Gasteiger partial charge in [0.25, 0.3) is 11.6 Å². The largest absolute Gasteiger partial charge is 0.416 e. The van der Waals surface area contributed by atoms with Gasteiger partial charge in [0.05, 0.1) is 21.1 Å². The van der Waals surface area contributed by atoms with Crippen LogP contribution < -0.4 is 4.90 Å². The lowest BCUT2D eigenvalue weighted by Gasteiger charge is -2.16. The third-order valence-corrected chi connectivity index (χ3v) is 5.26. The summed E-state index contributed by atoms with van der Waals surface area (Å²) in [5.41, 5.74) is -0.0876. The quantitative estimate of drug-likeness (QED) is 0.289. The van der Waals surface area contributed by atoms with Gasteiger partial charge in [-0.3, -0.25) is 19.8 Å². The van der Waals surface area contributed by atoms with Crippen molar-refractivity contribution in [2.24, 2.45) is 0 Å². The van der Waals surface area contributed by atoms with Crippen LogP contribution in [0.4, 0.5) is 24.5 Å². The van der Waals surface area contributed by atoms with Crippen LogP contribution in [0.3, 0.4) is 0 Å². The summed E-state index contributed by atoms with van der Waals surface area (Å²) in [5, 5.41) is 11.1. The Morgan fingerprint density at radius 2 is 1.93 bits per heavy atom. The maximum absolute atomic E-state index is 12.9. The number of thioether (sulfide) groups is 1. The number of nitro benzene ring substituents is 1. The molecule has 1 amide bonds. The molecule has 3 rings (SSSR count). The van der Waals surface area contributed by atoms with E-state index in [4.69, 9.17) is 12.2 Å². The fraction of sp³-hybridized carbons (Fsp3) is 0.111. The van der Waals surface area contributed by atoms with E-state index in [9.17, 15) is 28.1 Å². The summed E-state index contributed by atoms with van der Waals surface area (Å²) in [6.45, 7) is 1.59. The zero-order chi connectivity index (χ0) is 20.6. The normalized spacial score (nSPS) is 16.1. The van der Waals surface area contributed by atoms with Gasteiger partial charge in [-0.15, -0.1) is 0 Å². The average molecular weight is 424 g/mol. The maximum atomic E-state index is 12.9. The van der Waals surface area contributed by atoms with Gasteiger partial charge < -0.3 is 0 Å². The number of benzene rings is 2. The Labute approximate surface area is 167 Å². The fourth-order valence-corrected chi connectivity index (χ4v) is 3.87. The van der Waals surface area contributed by atoms with Gasteiger partial charge in [0.2, 0.25) is 0 Å². The van der Waals surface area contributed by atoms with Crippen molar-refractivity contribution in [1.29, 1.82) is 0 Å². The van der Waals surface area contributed by atoms with Crippen molar-refractivity contribution in [2.75, 3.05) is 4.90 Å². The van der Waals surface area contributed by atoms with Gasteiger partial charge in [-0.1, -0.05) is 42.2 Å². The summed E-state index contributed by atoms with van der Waals surface area (Å²) in [5.74, 6) is -0.586. The Morgan fingerprint density at radius 3 is 2.57 bits per heavy atom. The van der Waals surface area contributed by atoms with E-state index in [-0.39, 0.29) is 20.6 Å². The number of aryl methyl sites for hydroxylation is 1. The number of rotatable bonds is 3. The summed E-state index contributed by atoms with van der Waals surface area (Å²) in [6, 6.07) is 8.80. The molecule has 0 N–H and O–H groups in total. The number of hydrogen-bond acceptors (Lipinski definition) is 5. The standard InChI is InChI=1S/C18H11F3N2O3S2/c1-10-5-6-11(7-14(10)23(25)26)8-15-16(24)22(17(27)28-15)13-4-2-3-12(9-13)18(19,20)21/h2-9H,1H3/b15-8+. The third kappa shape index (κ3) is 3.92. The molecule has 1 aliphatic heterocycles. The van der Waals surface area contributed by atoms with E-state index in [1.165, 1.54) is 24.3 Å². The number of anilines is 1.